The topological polar surface area (TPSA) is 131 Å². The average molecular weight is 394 g/mol. The quantitative estimate of drug-likeness (QED) is 0.539. The molecule has 2 N–H and O–H groups in total. The molecular formula is C16H18N4O6S. The number of hydrogen-bond acceptors (Lipinski definition) is 7. The van der Waals surface area contributed by atoms with Crippen molar-refractivity contribution in [2.24, 2.45) is 0 Å². The number of nitrogens with zero attached hydrogens (tertiary/aromatic N) is 3. The van der Waals surface area contributed by atoms with Gasteiger partial charge >= 0.3 is 16.3 Å². The maximum Gasteiger partial charge on any atom is 0.368 e. The van der Waals surface area contributed by atoms with Crippen molar-refractivity contribution in [1.82, 2.24) is 9.97 Å². The molecule has 0 aliphatic heterocycles. The lowest BCUT2D eigenvalue weighted by atomic mass is 10.1. The summed E-state index contributed by atoms with van der Waals surface area (Å²) in [6.45, 7) is 3.59. The highest BCUT2D eigenvalue weighted by molar-refractivity contribution is 7.88. The Bertz CT molecular complexity index is 925. The first-order valence-corrected chi connectivity index (χ1v) is 8.94. The first kappa shape index (κ1) is 20.1. The van der Waals surface area contributed by atoms with Crippen LogP contribution in [0.25, 0.3) is 0 Å². The molecule has 0 atom stereocenters. The van der Waals surface area contributed by atoms with Crippen molar-refractivity contribution in [2.75, 3.05) is 23.8 Å². The van der Waals surface area contributed by atoms with Crippen molar-refractivity contribution in [3.8, 4) is 11.8 Å². The molecule has 0 bridgehead atoms. The van der Waals surface area contributed by atoms with Gasteiger partial charge in [-0.25, -0.2) is 4.79 Å². The Morgan fingerprint density at radius 3 is 2.37 bits per heavy atom. The fraction of sp³-hybridized carbons (Fsp3) is 0.188. The van der Waals surface area contributed by atoms with Crippen molar-refractivity contribution in [1.29, 1.82) is 0 Å². The third-order valence-electron chi connectivity index (χ3n) is 3.31. The minimum atomic E-state index is -4.94. The highest BCUT2D eigenvalue weighted by atomic mass is 32.2. The molecule has 1 heterocycles. The number of methoxy groups -OCH3 is 2. The number of benzene rings is 1. The Morgan fingerprint density at radius 2 is 1.85 bits per heavy atom. The molecule has 0 aliphatic rings. The van der Waals surface area contributed by atoms with Gasteiger partial charge in [-0.1, -0.05) is 24.3 Å². The Hall–Kier alpha value is -3.18. The predicted molar refractivity (Wildman–Crippen MR) is 98.5 cm³/mol. The monoisotopic (exact) mass is 394 g/mol. The Morgan fingerprint density at radius 1 is 1.26 bits per heavy atom. The smallest absolute Gasteiger partial charge is 0.368 e. The molecule has 0 radical (unpaired) electrons. The minimum Gasteiger partial charge on any atom is -0.481 e. The highest BCUT2D eigenvalue weighted by Gasteiger charge is 2.30. The summed E-state index contributed by atoms with van der Waals surface area (Å²) < 4.78 is 43.5. The van der Waals surface area contributed by atoms with E-state index in [9.17, 15) is 17.8 Å². The maximum atomic E-state index is 12.6. The summed E-state index contributed by atoms with van der Waals surface area (Å²) in [5, 5.41) is 2.21. The largest absolute Gasteiger partial charge is 0.481 e. The second-order valence-electron chi connectivity index (χ2n) is 5.07. The van der Waals surface area contributed by atoms with E-state index in [4.69, 9.17) is 9.47 Å². The van der Waals surface area contributed by atoms with E-state index in [1.165, 1.54) is 38.5 Å². The van der Waals surface area contributed by atoms with Gasteiger partial charge in [-0.3, -0.25) is 9.87 Å². The van der Waals surface area contributed by atoms with Crippen LogP contribution in [0, 0.1) is 0 Å². The van der Waals surface area contributed by atoms with Gasteiger partial charge in [0, 0.05) is 0 Å². The van der Waals surface area contributed by atoms with E-state index in [0.29, 0.717) is 5.56 Å². The second-order valence-corrected chi connectivity index (χ2v) is 6.33. The number of rotatable bonds is 7. The number of ether oxygens (including phenoxy) is 2. The fourth-order valence-electron chi connectivity index (χ4n) is 2.19. The van der Waals surface area contributed by atoms with Crippen molar-refractivity contribution in [3.63, 3.8) is 0 Å². The van der Waals surface area contributed by atoms with Crippen LogP contribution in [0.4, 0.5) is 16.4 Å². The van der Waals surface area contributed by atoms with Crippen LogP contribution in [0.5, 0.6) is 11.8 Å². The zero-order valence-electron chi connectivity index (χ0n) is 14.6. The van der Waals surface area contributed by atoms with Crippen LogP contribution in [0.3, 0.4) is 0 Å². The minimum absolute atomic E-state index is 0.0349. The standard InChI is InChI=1S/C16H18N4O6S/c1-4-7-11-8-5-6-9-12(11)20(27(22,23)24)16(21)19-15-17-13(25-2)10-14(18-15)26-3/h4-6,8-10H,1,7H2,2-3H3,(H,22,23,24)(H,17,18,19,21). The third kappa shape index (κ3) is 4.92. The molecule has 144 valence electrons. The van der Waals surface area contributed by atoms with Crippen LogP contribution in [0.1, 0.15) is 5.56 Å². The van der Waals surface area contributed by atoms with E-state index in [-0.39, 0.29) is 34.1 Å². The fourth-order valence-corrected chi connectivity index (χ4v) is 2.87. The lowest BCUT2D eigenvalue weighted by molar-refractivity contribution is 0.259. The van der Waals surface area contributed by atoms with E-state index in [0.717, 1.165) is 0 Å². The zero-order valence-corrected chi connectivity index (χ0v) is 15.4. The van der Waals surface area contributed by atoms with Crippen LogP contribution < -0.4 is 19.1 Å². The van der Waals surface area contributed by atoms with Crippen molar-refractivity contribution in [2.45, 2.75) is 6.42 Å². The SMILES string of the molecule is C=CCc1ccccc1N(C(=O)Nc1nc(OC)cc(OC)n1)S(=O)(=O)O. The lowest BCUT2D eigenvalue weighted by Gasteiger charge is -2.21. The van der Waals surface area contributed by atoms with Gasteiger partial charge in [-0.2, -0.15) is 22.7 Å². The molecular weight excluding hydrogens is 376 g/mol. The summed E-state index contributed by atoms with van der Waals surface area (Å²) >= 11 is 0. The second kappa shape index (κ2) is 8.47. The molecule has 2 rings (SSSR count). The van der Waals surface area contributed by atoms with Gasteiger partial charge in [-0.05, 0) is 18.1 Å². The number of anilines is 2. The number of hydrogen-bond donors (Lipinski definition) is 2. The lowest BCUT2D eigenvalue weighted by Crippen LogP contribution is -2.40. The summed E-state index contributed by atoms with van der Waals surface area (Å²) in [7, 11) is -2.24. The third-order valence-corrected chi connectivity index (χ3v) is 4.13. The molecule has 1 aromatic heterocycles. The van der Waals surface area contributed by atoms with Crippen LogP contribution in [-0.4, -0.2) is 43.2 Å². The van der Waals surface area contributed by atoms with Crippen LogP contribution in [0.15, 0.2) is 43.0 Å². The molecule has 27 heavy (non-hydrogen) atoms. The number of urea groups is 1. The summed E-state index contributed by atoms with van der Waals surface area (Å²) in [4.78, 5) is 20.4. The molecule has 0 aliphatic carbocycles. The number of carbonyl (C=O) groups excluding carboxylic acids is 1. The van der Waals surface area contributed by atoms with Gasteiger partial charge in [-0.15, -0.1) is 6.58 Å². The van der Waals surface area contributed by atoms with E-state index in [1.807, 2.05) is 0 Å². The molecule has 0 saturated carbocycles. The number of allylic oxidation sites excluding steroid dienone is 1. The number of nitrogens with one attached hydrogen (secondary N) is 1. The number of aromatic nitrogens is 2. The van der Waals surface area contributed by atoms with Gasteiger partial charge in [0.2, 0.25) is 17.7 Å². The van der Waals surface area contributed by atoms with E-state index >= 15 is 0 Å². The van der Waals surface area contributed by atoms with Crippen molar-refractivity contribution in [3.05, 3.63) is 48.6 Å². The Kier molecular flexibility index (Phi) is 6.32. The molecule has 11 heteroatoms. The van der Waals surface area contributed by atoms with Crippen molar-refractivity contribution >= 4 is 28.0 Å². The van der Waals surface area contributed by atoms with E-state index in [1.54, 1.807) is 12.1 Å². The predicted octanol–water partition coefficient (Wildman–Crippen LogP) is 2.06. The van der Waals surface area contributed by atoms with Crippen LogP contribution >= 0.6 is 0 Å². The van der Waals surface area contributed by atoms with Gasteiger partial charge in [0.25, 0.3) is 0 Å². The van der Waals surface area contributed by atoms with Gasteiger partial charge in [0.15, 0.2) is 0 Å². The number of para-hydroxylation sites is 1. The van der Waals surface area contributed by atoms with E-state index in [2.05, 4.69) is 21.9 Å². The molecule has 10 nitrogen and oxygen atoms in total. The Balaban J connectivity index is 2.45. The Labute approximate surface area is 156 Å². The zero-order chi connectivity index (χ0) is 20.0. The summed E-state index contributed by atoms with van der Waals surface area (Å²) in [6, 6.07) is 6.35. The molecule has 0 unspecified atom stereocenters. The van der Waals surface area contributed by atoms with Crippen molar-refractivity contribution < 1.29 is 27.2 Å². The molecule has 2 amide bonds. The van der Waals surface area contributed by atoms with Gasteiger partial charge in [0.1, 0.15) is 0 Å². The first-order chi connectivity index (χ1) is 12.8. The van der Waals surface area contributed by atoms with E-state index < -0.39 is 16.3 Å². The highest BCUT2D eigenvalue weighted by Crippen LogP contribution is 2.25. The molecule has 0 saturated heterocycles. The number of amides is 2. The van der Waals surface area contributed by atoms with Gasteiger partial charge < -0.3 is 9.47 Å². The summed E-state index contributed by atoms with van der Waals surface area (Å²) in [6.07, 6.45) is 1.81. The number of carbonyl (C=O) groups is 1. The molecule has 1 aromatic carbocycles. The summed E-state index contributed by atoms with van der Waals surface area (Å²) in [5.74, 6) is -0.101. The summed E-state index contributed by atoms with van der Waals surface area (Å²) in [5.41, 5.74) is 0.427. The van der Waals surface area contributed by atoms with Crippen LogP contribution in [0.2, 0.25) is 0 Å². The molecule has 0 fully saturated rings. The normalized spacial score (nSPS) is 10.8. The average Bonchev–Trinajstić information content (AvgIpc) is 2.62. The first-order valence-electron chi connectivity index (χ1n) is 7.54. The van der Waals surface area contributed by atoms with Crippen LogP contribution in [-0.2, 0) is 16.7 Å². The molecule has 0 spiro atoms. The maximum absolute atomic E-state index is 12.6. The molecule has 2 aromatic rings. The van der Waals surface area contributed by atoms with Gasteiger partial charge in [0.05, 0.1) is 26.0 Å².